The smallest absolute Gasteiger partial charge is 0.449 e. The van der Waals surface area contributed by atoms with Crippen molar-refractivity contribution in [3.05, 3.63) is 33.3 Å². The monoisotopic (exact) mass is 273 g/mol. The van der Waals surface area contributed by atoms with Gasteiger partial charge in [-0.3, -0.25) is 10.1 Å². The number of fused-ring (bicyclic) bond motifs is 1. The molecule has 88 valence electrons. The SMILES string of the molecule is O=C(O)Oc1sc2cc([N+](=O)[O-])ccc2c1Cl. The Bertz CT molecular complexity index is 623. The summed E-state index contributed by atoms with van der Waals surface area (Å²) in [6.07, 6.45) is -1.48. The Labute approximate surface area is 103 Å². The van der Waals surface area contributed by atoms with Gasteiger partial charge in [-0.15, -0.1) is 0 Å². The molecule has 0 bridgehead atoms. The summed E-state index contributed by atoms with van der Waals surface area (Å²) in [4.78, 5) is 20.4. The minimum absolute atomic E-state index is 0.00895. The van der Waals surface area contributed by atoms with Gasteiger partial charge in [0.2, 0.25) is 5.06 Å². The van der Waals surface area contributed by atoms with Crippen LogP contribution in [-0.2, 0) is 0 Å². The molecule has 1 heterocycles. The van der Waals surface area contributed by atoms with Gasteiger partial charge in [0.05, 0.1) is 4.92 Å². The van der Waals surface area contributed by atoms with E-state index in [-0.39, 0.29) is 15.8 Å². The van der Waals surface area contributed by atoms with Crippen LogP contribution < -0.4 is 4.74 Å². The van der Waals surface area contributed by atoms with Gasteiger partial charge in [-0.1, -0.05) is 22.9 Å². The number of rotatable bonds is 2. The normalized spacial score (nSPS) is 10.4. The van der Waals surface area contributed by atoms with Gasteiger partial charge < -0.3 is 9.84 Å². The molecule has 2 rings (SSSR count). The van der Waals surface area contributed by atoms with Crippen LogP contribution in [0.2, 0.25) is 5.02 Å². The van der Waals surface area contributed by atoms with Crippen molar-refractivity contribution in [1.29, 1.82) is 0 Å². The Morgan fingerprint density at radius 2 is 2.24 bits per heavy atom. The summed E-state index contributed by atoms with van der Waals surface area (Å²) in [6.45, 7) is 0. The molecule has 2 aromatic rings. The number of non-ortho nitro benzene ring substituents is 1. The number of nitrogens with zero attached hydrogens (tertiary/aromatic N) is 1. The van der Waals surface area contributed by atoms with Crippen LogP contribution in [-0.4, -0.2) is 16.2 Å². The minimum atomic E-state index is -1.48. The van der Waals surface area contributed by atoms with Crippen LogP contribution in [0.15, 0.2) is 18.2 Å². The highest BCUT2D eigenvalue weighted by molar-refractivity contribution is 7.21. The topological polar surface area (TPSA) is 89.7 Å². The highest BCUT2D eigenvalue weighted by Gasteiger charge is 2.16. The van der Waals surface area contributed by atoms with Gasteiger partial charge in [0.25, 0.3) is 5.69 Å². The van der Waals surface area contributed by atoms with E-state index in [1.165, 1.54) is 18.2 Å². The fourth-order valence-electron chi connectivity index (χ4n) is 1.29. The molecule has 1 N–H and O–H groups in total. The predicted molar refractivity (Wildman–Crippen MR) is 62.1 cm³/mol. The quantitative estimate of drug-likeness (QED) is 0.513. The lowest BCUT2D eigenvalue weighted by Crippen LogP contribution is -2.01. The van der Waals surface area contributed by atoms with Crippen LogP contribution in [0.1, 0.15) is 0 Å². The van der Waals surface area contributed by atoms with Gasteiger partial charge in [-0.05, 0) is 6.07 Å². The Morgan fingerprint density at radius 1 is 1.53 bits per heavy atom. The zero-order valence-electron chi connectivity index (χ0n) is 8.05. The number of carbonyl (C=O) groups is 1. The maximum absolute atomic E-state index is 10.6. The molecule has 1 aromatic carbocycles. The van der Waals surface area contributed by atoms with Gasteiger partial charge >= 0.3 is 6.16 Å². The van der Waals surface area contributed by atoms with Crippen molar-refractivity contribution in [2.24, 2.45) is 0 Å². The van der Waals surface area contributed by atoms with Crippen LogP contribution in [0.5, 0.6) is 5.06 Å². The molecule has 0 unspecified atom stereocenters. The van der Waals surface area contributed by atoms with Crippen molar-refractivity contribution in [3.8, 4) is 5.06 Å². The number of nitro groups is 1. The van der Waals surface area contributed by atoms with E-state index in [2.05, 4.69) is 4.74 Å². The fourth-order valence-corrected chi connectivity index (χ4v) is 2.64. The summed E-state index contributed by atoms with van der Waals surface area (Å²) in [5, 5.41) is 19.7. The lowest BCUT2D eigenvalue weighted by Gasteiger charge is -1.93. The molecule has 8 heteroatoms. The van der Waals surface area contributed by atoms with Crippen molar-refractivity contribution in [2.75, 3.05) is 0 Å². The maximum Gasteiger partial charge on any atom is 0.512 e. The second-order valence-electron chi connectivity index (χ2n) is 3.01. The number of hydrogen-bond donors (Lipinski definition) is 1. The van der Waals surface area contributed by atoms with E-state index in [0.717, 1.165) is 11.3 Å². The van der Waals surface area contributed by atoms with Gasteiger partial charge in [0, 0.05) is 22.2 Å². The molecular formula is C9H4ClNO5S. The molecular weight excluding hydrogens is 270 g/mol. The minimum Gasteiger partial charge on any atom is -0.449 e. The van der Waals surface area contributed by atoms with Crippen molar-refractivity contribution in [1.82, 2.24) is 0 Å². The predicted octanol–water partition coefficient (Wildman–Crippen LogP) is 3.52. The summed E-state index contributed by atoms with van der Waals surface area (Å²) in [5.41, 5.74) is -0.0858. The number of carboxylic acid groups (broad SMARTS) is 1. The molecule has 1 aromatic heterocycles. The van der Waals surface area contributed by atoms with Crippen molar-refractivity contribution < 1.29 is 19.6 Å². The van der Waals surface area contributed by atoms with E-state index in [9.17, 15) is 14.9 Å². The molecule has 0 radical (unpaired) electrons. The first-order valence-corrected chi connectivity index (χ1v) is 5.45. The average molecular weight is 274 g/mol. The zero-order valence-corrected chi connectivity index (χ0v) is 9.62. The van der Waals surface area contributed by atoms with Crippen LogP contribution in [0, 0.1) is 10.1 Å². The number of benzene rings is 1. The van der Waals surface area contributed by atoms with Crippen LogP contribution in [0.3, 0.4) is 0 Å². The highest BCUT2D eigenvalue weighted by atomic mass is 35.5. The number of thiophene rings is 1. The molecule has 0 aliphatic rings. The summed E-state index contributed by atoms with van der Waals surface area (Å²) < 4.78 is 4.96. The fraction of sp³-hybridized carbons (Fsp3) is 0. The van der Waals surface area contributed by atoms with E-state index >= 15 is 0 Å². The Balaban J connectivity index is 2.57. The third-order valence-corrected chi connectivity index (χ3v) is 3.49. The standard InChI is InChI=1S/C9H4ClNO5S/c10-7-5-2-1-4(11(14)15)3-6(5)17-8(7)16-9(12)13/h1-3H,(H,12,13). The van der Waals surface area contributed by atoms with Gasteiger partial charge in [-0.2, -0.15) is 0 Å². The van der Waals surface area contributed by atoms with E-state index in [4.69, 9.17) is 16.7 Å². The number of halogens is 1. The molecule has 6 nitrogen and oxygen atoms in total. The Hall–Kier alpha value is -1.86. The van der Waals surface area contributed by atoms with Gasteiger partial charge in [0.15, 0.2) is 0 Å². The first-order chi connectivity index (χ1) is 7.99. The zero-order chi connectivity index (χ0) is 12.6. The molecule has 17 heavy (non-hydrogen) atoms. The van der Waals surface area contributed by atoms with Crippen molar-refractivity contribution in [3.63, 3.8) is 0 Å². The second kappa shape index (κ2) is 4.19. The maximum atomic E-state index is 10.6. The summed E-state index contributed by atoms with van der Waals surface area (Å²) in [6, 6.07) is 4.08. The number of hydrogen-bond acceptors (Lipinski definition) is 5. The van der Waals surface area contributed by atoms with E-state index in [0.29, 0.717) is 10.1 Å². The van der Waals surface area contributed by atoms with Crippen LogP contribution in [0.25, 0.3) is 10.1 Å². The largest absolute Gasteiger partial charge is 0.512 e. The summed E-state index contributed by atoms with van der Waals surface area (Å²) in [5.74, 6) is 0. The van der Waals surface area contributed by atoms with Crippen molar-refractivity contribution >= 4 is 44.9 Å². The Morgan fingerprint density at radius 3 is 2.82 bits per heavy atom. The van der Waals surface area contributed by atoms with E-state index < -0.39 is 11.1 Å². The lowest BCUT2D eigenvalue weighted by molar-refractivity contribution is -0.384. The van der Waals surface area contributed by atoms with Gasteiger partial charge in [0.1, 0.15) is 5.02 Å². The van der Waals surface area contributed by atoms with Gasteiger partial charge in [-0.25, -0.2) is 4.79 Å². The number of ether oxygens (including phenoxy) is 1. The first kappa shape index (κ1) is 11.6. The van der Waals surface area contributed by atoms with Crippen LogP contribution >= 0.6 is 22.9 Å². The molecule has 0 saturated heterocycles. The molecule has 0 aliphatic carbocycles. The number of nitro benzene ring substituents is 1. The third kappa shape index (κ3) is 2.15. The molecule has 0 atom stereocenters. The second-order valence-corrected chi connectivity index (χ2v) is 4.40. The molecule has 0 fully saturated rings. The van der Waals surface area contributed by atoms with Crippen molar-refractivity contribution in [2.45, 2.75) is 0 Å². The third-order valence-electron chi connectivity index (χ3n) is 1.97. The lowest BCUT2D eigenvalue weighted by atomic mass is 10.2. The van der Waals surface area contributed by atoms with E-state index in [1.54, 1.807) is 0 Å². The Kier molecular flexibility index (Phi) is 2.86. The van der Waals surface area contributed by atoms with Crippen LogP contribution in [0.4, 0.5) is 10.5 Å². The first-order valence-electron chi connectivity index (χ1n) is 4.26. The summed E-state index contributed by atoms with van der Waals surface area (Å²) in [7, 11) is 0. The molecule has 0 amide bonds. The molecule has 0 saturated carbocycles. The molecule has 0 aliphatic heterocycles. The highest BCUT2D eigenvalue weighted by Crippen LogP contribution is 2.42. The van der Waals surface area contributed by atoms with E-state index in [1.807, 2.05) is 0 Å². The molecule has 0 spiro atoms. The average Bonchev–Trinajstić information content (AvgIpc) is 2.54. The summed E-state index contributed by atoms with van der Waals surface area (Å²) >= 11 is 6.83.